The van der Waals surface area contributed by atoms with Gasteiger partial charge in [-0.15, -0.1) is 0 Å². The number of morpholine rings is 1. The van der Waals surface area contributed by atoms with Crippen LogP contribution in [0.3, 0.4) is 0 Å². The lowest BCUT2D eigenvalue weighted by Gasteiger charge is -2.32. The van der Waals surface area contributed by atoms with Crippen LogP contribution in [-0.2, 0) is 9.53 Å². The molecule has 0 saturated carbocycles. The third kappa shape index (κ3) is 6.00. The van der Waals surface area contributed by atoms with E-state index >= 15 is 0 Å². The number of carbonyl (C=O) groups excluding carboxylic acids is 1. The van der Waals surface area contributed by atoms with Crippen LogP contribution in [0.1, 0.15) is 19.8 Å². The van der Waals surface area contributed by atoms with Gasteiger partial charge in [0.2, 0.25) is 5.91 Å². The fraction of sp³-hybridized carbons (Fsp3) is 0.917. The van der Waals surface area contributed by atoms with Gasteiger partial charge in [-0.25, -0.2) is 0 Å². The second-order valence-electron chi connectivity index (χ2n) is 4.49. The molecule has 1 saturated heterocycles. The van der Waals surface area contributed by atoms with Crippen molar-refractivity contribution in [2.24, 2.45) is 0 Å². The summed E-state index contributed by atoms with van der Waals surface area (Å²) in [7, 11) is 1.92. The molecule has 100 valence electrons. The summed E-state index contributed by atoms with van der Waals surface area (Å²) >= 11 is 0. The van der Waals surface area contributed by atoms with E-state index in [0.717, 1.165) is 39.0 Å². The molecule has 1 aliphatic heterocycles. The molecule has 0 bridgehead atoms. The highest BCUT2D eigenvalue weighted by atomic mass is 16.5. The number of carbonyl (C=O) groups is 1. The predicted molar refractivity (Wildman–Crippen MR) is 68.0 cm³/mol. The Morgan fingerprint density at radius 3 is 3.06 bits per heavy atom. The van der Waals surface area contributed by atoms with E-state index in [1.54, 1.807) is 0 Å². The summed E-state index contributed by atoms with van der Waals surface area (Å²) in [5.74, 6) is 0.128. The van der Waals surface area contributed by atoms with Crippen LogP contribution < -0.4 is 10.6 Å². The molecular weight excluding hydrogens is 218 g/mol. The van der Waals surface area contributed by atoms with Crippen LogP contribution >= 0.6 is 0 Å². The maximum Gasteiger partial charge on any atom is 0.234 e. The summed E-state index contributed by atoms with van der Waals surface area (Å²) in [6, 6.07) is 0. The van der Waals surface area contributed by atoms with Gasteiger partial charge in [-0.2, -0.15) is 0 Å². The van der Waals surface area contributed by atoms with Crippen molar-refractivity contribution in [2.75, 3.05) is 46.4 Å². The maximum atomic E-state index is 11.6. The van der Waals surface area contributed by atoms with E-state index in [2.05, 4.69) is 22.5 Å². The molecule has 0 aliphatic carbocycles. The summed E-state index contributed by atoms with van der Waals surface area (Å²) in [6.45, 7) is 6.65. The summed E-state index contributed by atoms with van der Waals surface area (Å²) in [5.41, 5.74) is 0. The average molecular weight is 243 g/mol. The second-order valence-corrected chi connectivity index (χ2v) is 4.49. The van der Waals surface area contributed by atoms with E-state index in [1.807, 2.05) is 7.05 Å². The van der Waals surface area contributed by atoms with Gasteiger partial charge in [0.15, 0.2) is 0 Å². The molecule has 1 amide bonds. The minimum Gasteiger partial charge on any atom is -0.374 e. The molecule has 0 aromatic carbocycles. The Bertz CT molecular complexity index is 222. The van der Waals surface area contributed by atoms with Gasteiger partial charge in [0.1, 0.15) is 0 Å². The van der Waals surface area contributed by atoms with Gasteiger partial charge >= 0.3 is 0 Å². The van der Waals surface area contributed by atoms with Crippen LogP contribution in [0, 0.1) is 0 Å². The number of amides is 1. The molecule has 1 rings (SSSR count). The molecule has 1 unspecified atom stereocenters. The molecule has 1 fully saturated rings. The van der Waals surface area contributed by atoms with Gasteiger partial charge in [-0.05, 0) is 13.5 Å². The average Bonchev–Trinajstić information content (AvgIpc) is 2.30. The topological polar surface area (TPSA) is 53.6 Å². The molecular formula is C12H25N3O2. The van der Waals surface area contributed by atoms with E-state index in [9.17, 15) is 4.79 Å². The Kier molecular flexibility index (Phi) is 7.16. The summed E-state index contributed by atoms with van der Waals surface area (Å²) in [4.78, 5) is 13.8. The smallest absolute Gasteiger partial charge is 0.234 e. The number of hydrogen-bond donors (Lipinski definition) is 2. The minimum atomic E-state index is 0.128. The minimum absolute atomic E-state index is 0.128. The zero-order valence-corrected chi connectivity index (χ0v) is 11.0. The van der Waals surface area contributed by atoms with E-state index in [4.69, 9.17) is 4.74 Å². The van der Waals surface area contributed by atoms with E-state index < -0.39 is 0 Å². The SMILES string of the molecule is CCCCNC(=O)CN1CCOC(CNC)C1. The molecule has 2 N–H and O–H groups in total. The number of nitrogens with zero attached hydrogens (tertiary/aromatic N) is 1. The Hall–Kier alpha value is -0.650. The first-order chi connectivity index (χ1) is 8.26. The Morgan fingerprint density at radius 1 is 1.53 bits per heavy atom. The Labute approximate surface area is 104 Å². The van der Waals surface area contributed by atoms with Gasteiger partial charge in [0.05, 0.1) is 19.3 Å². The van der Waals surface area contributed by atoms with E-state index in [1.165, 1.54) is 0 Å². The number of hydrogen-bond acceptors (Lipinski definition) is 4. The lowest BCUT2D eigenvalue weighted by molar-refractivity contribution is -0.124. The van der Waals surface area contributed by atoms with Gasteiger partial charge in [-0.1, -0.05) is 13.3 Å². The van der Waals surface area contributed by atoms with E-state index in [-0.39, 0.29) is 12.0 Å². The van der Waals surface area contributed by atoms with Crippen LogP contribution in [0.15, 0.2) is 0 Å². The Morgan fingerprint density at radius 2 is 2.35 bits per heavy atom. The molecule has 5 heteroatoms. The molecule has 5 nitrogen and oxygen atoms in total. The summed E-state index contributed by atoms with van der Waals surface area (Å²) < 4.78 is 5.59. The molecule has 1 heterocycles. The third-order valence-corrected chi connectivity index (χ3v) is 2.87. The molecule has 0 radical (unpaired) electrons. The van der Waals surface area contributed by atoms with Crippen molar-refractivity contribution < 1.29 is 9.53 Å². The predicted octanol–water partition coefficient (Wildman–Crippen LogP) is -0.177. The molecule has 1 aliphatic rings. The van der Waals surface area contributed by atoms with Crippen molar-refractivity contribution in [2.45, 2.75) is 25.9 Å². The first kappa shape index (κ1) is 14.4. The van der Waals surface area contributed by atoms with Gasteiger partial charge < -0.3 is 15.4 Å². The molecule has 0 spiro atoms. The van der Waals surface area contributed by atoms with Crippen molar-refractivity contribution in [1.82, 2.24) is 15.5 Å². The normalized spacial score (nSPS) is 21.4. The standard InChI is InChI=1S/C12H25N3O2/c1-3-4-5-14-12(16)10-15-6-7-17-11(9-15)8-13-2/h11,13H,3-10H2,1-2H3,(H,14,16). The summed E-state index contributed by atoms with van der Waals surface area (Å²) in [5, 5.41) is 6.04. The highest BCUT2D eigenvalue weighted by Crippen LogP contribution is 2.03. The van der Waals surface area contributed by atoms with Gasteiger partial charge in [-0.3, -0.25) is 9.69 Å². The zero-order chi connectivity index (χ0) is 12.5. The lowest BCUT2D eigenvalue weighted by atomic mass is 10.2. The van der Waals surface area contributed by atoms with Crippen LogP contribution in [-0.4, -0.2) is 63.3 Å². The van der Waals surface area contributed by atoms with Crippen LogP contribution in [0.5, 0.6) is 0 Å². The first-order valence-electron chi connectivity index (χ1n) is 6.51. The quantitative estimate of drug-likeness (QED) is 0.609. The highest BCUT2D eigenvalue weighted by molar-refractivity contribution is 5.77. The van der Waals surface area contributed by atoms with Gasteiger partial charge in [0, 0.05) is 26.2 Å². The lowest BCUT2D eigenvalue weighted by Crippen LogP contribution is -2.49. The van der Waals surface area contributed by atoms with Gasteiger partial charge in [0.25, 0.3) is 0 Å². The fourth-order valence-corrected chi connectivity index (χ4v) is 1.94. The highest BCUT2D eigenvalue weighted by Gasteiger charge is 2.21. The maximum absolute atomic E-state index is 11.6. The fourth-order valence-electron chi connectivity index (χ4n) is 1.94. The van der Waals surface area contributed by atoms with Crippen molar-refractivity contribution in [3.05, 3.63) is 0 Å². The van der Waals surface area contributed by atoms with Crippen LogP contribution in [0.4, 0.5) is 0 Å². The van der Waals surface area contributed by atoms with Crippen LogP contribution in [0.2, 0.25) is 0 Å². The number of nitrogens with one attached hydrogen (secondary N) is 2. The molecule has 17 heavy (non-hydrogen) atoms. The monoisotopic (exact) mass is 243 g/mol. The van der Waals surface area contributed by atoms with Crippen molar-refractivity contribution in [3.63, 3.8) is 0 Å². The molecule has 1 atom stereocenters. The molecule has 0 aromatic heterocycles. The van der Waals surface area contributed by atoms with Crippen molar-refractivity contribution in [1.29, 1.82) is 0 Å². The number of ether oxygens (including phenoxy) is 1. The molecule has 0 aromatic rings. The van der Waals surface area contributed by atoms with Crippen molar-refractivity contribution >= 4 is 5.91 Å². The number of unbranched alkanes of at least 4 members (excludes halogenated alkanes) is 1. The van der Waals surface area contributed by atoms with E-state index in [0.29, 0.717) is 13.2 Å². The first-order valence-corrected chi connectivity index (χ1v) is 6.51. The summed E-state index contributed by atoms with van der Waals surface area (Å²) in [6.07, 6.45) is 2.37. The third-order valence-electron chi connectivity index (χ3n) is 2.87. The number of likely N-dealkylation sites (N-methyl/N-ethyl adjacent to an activating group) is 1. The second kappa shape index (κ2) is 8.44. The van der Waals surface area contributed by atoms with Crippen molar-refractivity contribution in [3.8, 4) is 0 Å². The largest absolute Gasteiger partial charge is 0.374 e. The Balaban J connectivity index is 2.18. The van der Waals surface area contributed by atoms with Crippen LogP contribution in [0.25, 0.3) is 0 Å². The number of rotatable bonds is 7. The zero-order valence-electron chi connectivity index (χ0n) is 11.0.